The van der Waals surface area contributed by atoms with Gasteiger partial charge in [0.15, 0.2) is 5.60 Å². The van der Waals surface area contributed by atoms with Crippen molar-refractivity contribution < 1.29 is 23.0 Å². The van der Waals surface area contributed by atoms with E-state index >= 15 is 0 Å². The zero-order valence-corrected chi connectivity index (χ0v) is 18.7. The first-order chi connectivity index (χ1) is 16.0. The fraction of sp³-hybridized carbons (Fsp3) is 0.318. The summed E-state index contributed by atoms with van der Waals surface area (Å²) in [6.45, 7) is 1.76. The number of ether oxygens (including phenoxy) is 1. The van der Waals surface area contributed by atoms with Gasteiger partial charge in [0.1, 0.15) is 17.6 Å². The minimum absolute atomic E-state index is 0.146. The number of hydrogen-bond donors (Lipinski definition) is 1. The smallest absolute Gasteiger partial charge is 0.393 e. The molecule has 9 nitrogen and oxygen atoms in total. The van der Waals surface area contributed by atoms with Crippen molar-refractivity contribution in [2.24, 2.45) is 14.1 Å². The molecule has 4 rings (SSSR count). The van der Waals surface area contributed by atoms with Gasteiger partial charge >= 0.3 is 6.18 Å². The summed E-state index contributed by atoms with van der Waals surface area (Å²) < 4.78 is 48.0. The number of benzene rings is 1. The van der Waals surface area contributed by atoms with Crippen LogP contribution in [-0.2, 0) is 26.1 Å². The molecule has 34 heavy (non-hydrogen) atoms. The average molecular weight is 471 g/mol. The van der Waals surface area contributed by atoms with E-state index in [9.17, 15) is 23.5 Å². The summed E-state index contributed by atoms with van der Waals surface area (Å²) in [5.74, 6) is 0.350. The molecule has 176 valence electrons. The highest BCUT2D eigenvalue weighted by Gasteiger charge is 2.41. The molecule has 12 heteroatoms. The lowest BCUT2D eigenvalue weighted by molar-refractivity contribution is -0.127. The maximum absolute atomic E-state index is 13.3. The first-order valence-electron chi connectivity index (χ1n) is 10.1. The summed E-state index contributed by atoms with van der Waals surface area (Å²) in [5, 5.41) is 29.8. The van der Waals surface area contributed by atoms with Gasteiger partial charge in [-0.1, -0.05) is 11.3 Å². The number of halogens is 3. The number of fused-ring (bicyclic) bond motifs is 1. The van der Waals surface area contributed by atoms with Gasteiger partial charge in [-0.25, -0.2) is 14.6 Å². The zero-order chi connectivity index (χ0) is 24.8. The number of aromatic nitrogens is 6. The van der Waals surface area contributed by atoms with Crippen molar-refractivity contribution in [2.45, 2.75) is 25.1 Å². The molecule has 0 saturated carbocycles. The minimum atomic E-state index is -4.58. The van der Waals surface area contributed by atoms with Gasteiger partial charge in [-0.15, -0.1) is 5.10 Å². The molecule has 1 unspecified atom stereocenters. The third kappa shape index (κ3) is 3.63. The minimum Gasteiger partial charge on any atom is -0.481 e. The Hall–Kier alpha value is -3.98. The van der Waals surface area contributed by atoms with Crippen molar-refractivity contribution in [3.05, 3.63) is 64.5 Å². The van der Waals surface area contributed by atoms with Gasteiger partial charge in [0, 0.05) is 25.0 Å². The van der Waals surface area contributed by atoms with Gasteiger partial charge < -0.3 is 14.4 Å². The van der Waals surface area contributed by atoms with E-state index in [1.807, 2.05) is 6.07 Å². The van der Waals surface area contributed by atoms with Crippen molar-refractivity contribution in [3.63, 3.8) is 0 Å². The van der Waals surface area contributed by atoms with Crippen LogP contribution in [-0.4, -0.2) is 47.9 Å². The number of nitriles is 1. The van der Waals surface area contributed by atoms with E-state index in [1.54, 1.807) is 31.7 Å². The second-order valence-electron chi connectivity index (χ2n) is 7.81. The SMILES string of the molecule is COc1nc2ccc(C(O)(c3cnnn3C)c3cnc(C)n3C)cc2c(C#N)c1CC(F)(F)F. The lowest BCUT2D eigenvalue weighted by atomic mass is 9.85. The number of aliphatic hydroxyl groups is 1. The number of hydrogen-bond acceptors (Lipinski definition) is 7. The first kappa shape index (κ1) is 23.2. The molecule has 0 bridgehead atoms. The Bertz CT molecular complexity index is 1440. The number of nitrogens with zero attached hydrogens (tertiary/aromatic N) is 7. The normalized spacial score (nSPS) is 13.6. The summed E-state index contributed by atoms with van der Waals surface area (Å²) in [5.41, 5.74) is -1.24. The Morgan fingerprint density at radius 2 is 1.91 bits per heavy atom. The van der Waals surface area contributed by atoms with Gasteiger partial charge in [0.25, 0.3) is 0 Å². The Kier molecular flexibility index (Phi) is 5.53. The molecule has 3 heterocycles. The van der Waals surface area contributed by atoms with E-state index in [0.717, 1.165) is 0 Å². The van der Waals surface area contributed by atoms with Crippen molar-refractivity contribution >= 4 is 10.9 Å². The van der Waals surface area contributed by atoms with Crippen LogP contribution in [0.25, 0.3) is 10.9 Å². The number of aryl methyl sites for hydroxylation is 2. The molecular formula is C22H20F3N7O2. The lowest BCUT2D eigenvalue weighted by Gasteiger charge is -2.29. The molecule has 1 aromatic carbocycles. The molecule has 0 radical (unpaired) electrons. The standard InChI is InChI=1S/C22H20F3N7O2/c1-12-27-10-18(31(12)2)22(33,19-11-28-30-32(19)3)13-5-6-17-14(7-13)16(9-26)15(8-21(23,24)25)20(29-17)34-4/h5-7,10-11,33H,8H2,1-4H3. The summed E-state index contributed by atoms with van der Waals surface area (Å²) >= 11 is 0. The Morgan fingerprint density at radius 1 is 1.18 bits per heavy atom. The number of imidazole rings is 1. The summed E-state index contributed by atoms with van der Waals surface area (Å²) in [6.07, 6.45) is -3.08. The zero-order valence-electron chi connectivity index (χ0n) is 18.7. The highest BCUT2D eigenvalue weighted by Crippen LogP contribution is 2.39. The Morgan fingerprint density at radius 3 is 2.44 bits per heavy atom. The van der Waals surface area contributed by atoms with Crippen LogP contribution in [0.2, 0.25) is 0 Å². The Labute approximate surface area is 192 Å². The van der Waals surface area contributed by atoms with E-state index < -0.39 is 18.2 Å². The van der Waals surface area contributed by atoms with Crippen LogP contribution in [0.5, 0.6) is 5.88 Å². The third-order valence-electron chi connectivity index (χ3n) is 5.82. The van der Waals surface area contributed by atoms with Gasteiger partial charge in [0.2, 0.25) is 5.88 Å². The number of methoxy groups -OCH3 is 1. The van der Waals surface area contributed by atoms with Gasteiger partial charge in [0.05, 0.1) is 42.7 Å². The molecule has 0 fully saturated rings. The van der Waals surface area contributed by atoms with Crippen molar-refractivity contribution in [1.29, 1.82) is 5.26 Å². The molecule has 1 atom stereocenters. The van der Waals surface area contributed by atoms with E-state index in [1.165, 1.54) is 36.3 Å². The summed E-state index contributed by atoms with van der Waals surface area (Å²) in [6, 6.07) is 6.42. The van der Waals surface area contributed by atoms with Gasteiger partial charge in [-0.3, -0.25) is 0 Å². The molecule has 0 amide bonds. The van der Waals surface area contributed by atoms with Gasteiger partial charge in [-0.05, 0) is 24.6 Å². The lowest BCUT2D eigenvalue weighted by Crippen LogP contribution is -2.33. The predicted octanol–water partition coefficient (Wildman–Crippen LogP) is 2.67. The largest absolute Gasteiger partial charge is 0.481 e. The summed E-state index contributed by atoms with van der Waals surface area (Å²) in [4.78, 5) is 8.45. The summed E-state index contributed by atoms with van der Waals surface area (Å²) in [7, 11) is 4.52. The third-order valence-corrected chi connectivity index (χ3v) is 5.82. The van der Waals surface area contributed by atoms with Crippen molar-refractivity contribution in [3.8, 4) is 11.9 Å². The van der Waals surface area contributed by atoms with Crippen molar-refractivity contribution in [1.82, 2.24) is 29.5 Å². The molecule has 0 aliphatic carbocycles. The van der Waals surface area contributed by atoms with Crippen LogP contribution >= 0.6 is 0 Å². The molecule has 0 aliphatic rings. The second kappa shape index (κ2) is 8.11. The molecular weight excluding hydrogens is 451 g/mol. The molecule has 1 N–H and O–H groups in total. The molecule has 4 aromatic rings. The highest BCUT2D eigenvalue weighted by atomic mass is 19.4. The van der Waals surface area contributed by atoms with Crippen molar-refractivity contribution in [2.75, 3.05) is 7.11 Å². The maximum atomic E-state index is 13.3. The van der Waals surface area contributed by atoms with Crippen LogP contribution in [0.4, 0.5) is 13.2 Å². The van der Waals surface area contributed by atoms with E-state index in [2.05, 4.69) is 20.3 Å². The number of alkyl halides is 3. The Balaban J connectivity index is 2.05. The van der Waals surface area contributed by atoms with Crippen LogP contribution < -0.4 is 4.74 Å². The fourth-order valence-corrected chi connectivity index (χ4v) is 4.05. The first-order valence-corrected chi connectivity index (χ1v) is 10.1. The predicted molar refractivity (Wildman–Crippen MR) is 114 cm³/mol. The van der Waals surface area contributed by atoms with Gasteiger partial charge in [-0.2, -0.15) is 18.4 Å². The number of rotatable bonds is 5. The molecule has 0 saturated heterocycles. The average Bonchev–Trinajstić information content (AvgIpc) is 3.37. The molecule has 3 aromatic heterocycles. The second-order valence-corrected chi connectivity index (χ2v) is 7.81. The number of pyridine rings is 1. The van der Waals surface area contributed by atoms with E-state index in [4.69, 9.17) is 4.74 Å². The van der Waals surface area contributed by atoms with Crippen LogP contribution in [0.15, 0.2) is 30.6 Å². The van der Waals surface area contributed by atoms with E-state index in [-0.39, 0.29) is 33.5 Å². The maximum Gasteiger partial charge on any atom is 0.393 e. The van der Waals surface area contributed by atoms with E-state index in [0.29, 0.717) is 17.2 Å². The monoisotopic (exact) mass is 471 g/mol. The topological polar surface area (TPSA) is 115 Å². The molecule has 0 spiro atoms. The fourth-order valence-electron chi connectivity index (χ4n) is 4.05. The quantitative estimate of drug-likeness (QED) is 0.476. The van der Waals surface area contributed by atoms with Crippen LogP contribution in [0.1, 0.15) is 33.9 Å². The van der Waals surface area contributed by atoms with Crippen LogP contribution in [0, 0.1) is 18.3 Å². The highest BCUT2D eigenvalue weighted by molar-refractivity contribution is 5.88. The van der Waals surface area contributed by atoms with Crippen LogP contribution in [0.3, 0.4) is 0 Å². The molecule has 0 aliphatic heterocycles.